The van der Waals surface area contributed by atoms with Crippen LogP contribution >= 0.6 is 0 Å². The van der Waals surface area contributed by atoms with Crippen molar-refractivity contribution < 1.29 is 14.7 Å². The molecular weight excluding hydrogens is 208 g/mol. The van der Waals surface area contributed by atoms with Crippen molar-refractivity contribution >= 4 is 12.0 Å². The second kappa shape index (κ2) is 4.72. The van der Waals surface area contributed by atoms with Crippen LogP contribution in [0.1, 0.15) is 26.2 Å². The maximum Gasteiger partial charge on any atom is 0.319 e. The summed E-state index contributed by atoms with van der Waals surface area (Å²) < 4.78 is 0. The summed E-state index contributed by atoms with van der Waals surface area (Å²) in [6.45, 7) is 2.86. The Kier molecular flexibility index (Phi) is 3.78. The molecule has 1 fully saturated rings. The minimum atomic E-state index is -0.775. The highest BCUT2D eigenvalue weighted by atomic mass is 16.4. The molecule has 0 radical (unpaired) electrons. The van der Waals surface area contributed by atoms with Gasteiger partial charge in [0.1, 0.15) is 0 Å². The Balaban J connectivity index is 2.74. The normalized spacial score (nSPS) is 24.6. The van der Waals surface area contributed by atoms with Gasteiger partial charge in [-0.25, -0.2) is 4.79 Å². The number of carboxylic acids is 1. The largest absolute Gasteiger partial charge is 0.481 e. The van der Waals surface area contributed by atoms with E-state index < -0.39 is 11.4 Å². The summed E-state index contributed by atoms with van der Waals surface area (Å²) in [7, 11) is 3.37. The molecule has 5 heteroatoms. The molecule has 1 heterocycles. The molecule has 1 unspecified atom stereocenters. The number of carbonyl (C=O) groups excluding carboxylic acids is 1. The SMILES string of the molecule is CCCC1(C(=O)O)CCN(C(=O)N(C)C)C1. The monoisotopic (exact) mass is 228 g/mol. The van der Waals surface area contributed by atoms with Gasteiger partial charge in [0.2, 0.25) is 0 Å². The summed E-state index contributed by atoms with van der Waals surface area (Å²) in [5.41, 5.74) is -0.722. The van der Waals surface area contributed by atoms with Crippen molar-refractivity contribution in [2.45, 2.75) is 26.2 Å². The van der Waals surface area contributed by atoms with E-state index in [1.807, 2.05) is 6.92 Å². The molecule has 0 saturated carbocycles. The molecule has 2 amide bonds. The third kappa shape index (κ3) is 2.28. The highest BCUT2D eigenvalue weighted by Gasteiger charge is 2.45. The van der Waals surface area contributed by atoms with Gasteiger partial charge in [0.05, 0.1) is 5.41 Å². The van der Waals surface area contributed by atoms with E-state index in [4.69, 9.17) is 0 Å². The number of amides is 2. The lowest BCUT2D eigenvalue weighted by Gasteiger charge is -2.25. The van der Waals surface area contributed by atoms with E-state index >= 15 is 0 Å². The standard InChI is InChI=1S/C11H20N2O3/c1-4-5-11(9(14)15)6-7-13(8-11)10(16)12(2)3/h4-8H2,1-3H3,(H,14,15). The summed E-state index contributed by atoms with van der Waals surface area (Å²) in [4.78, 5) is 26.1. The highest BCUT2D eigenvalue weighted by Crippen LogP contribution is 2.35. The lowest BCUT2D eigenvalue weighted by atomic mass is 9.83. The molecule has 1 saturated heterocycles. The molecule has 1 N–H and O–H groups in total. The zero-order valence-electron chi connectivity index (χ0n) is 10.2. The van der Waals surface area contributed by atoms with Gasteiger partial charge in [0.15, 0.2) is 0 Å². The topological polar surface area (TPSA) is 60.9 Å². The summed E-state index contributed by atoms with van der Waals surface area (Å²) >= 11 is 0. The fraction of sp³-hybridized carbons (Fsp3) is 0.818. The Morgan fingerprint density at radius 1 is 1.44 bits per heavy atom. The van der Waals surface area contributed by atoms with Gasteiger partial charge in [0, 0.05) is 27.2 Å². The van der Waals surface area contributed by atoms with E-state index in [-0.39, 0.29) is 6.03 Å². The van der Waals surface area contributed by atoms with E-state index in [2.05, 4.69) is 0 Å². The summed E-state index contributed by atoms with van der Waals surface area (Å²) in [6, 6.07) is -0.0979. The lowest BCUT2D eigenvalue weighted by Crippen LogP contribution is -2.41. The molecule has 0 bridgehead atoms. The van der Waals surface area contributed by atoms with E-state index in [0.717, 1.165) is 6.42 Å². The number of likely N-dealkylation sites (tertiary alicyclic amines) is 1. The molecular formula is C11H20N2O3. The molecule has 0 aromatic rings. The Labute approximate surface area is 96.0 Å². The van der Waals surface area contributed by atoms with Crippen molar-refractivity contribution in [3.63, 3.8) is 0 Å². The van der Waals surface area contributed by atoms with Gasteiger partial charge in [-0.05, 0) is 12.8 Å². The number of urea groups is 1. The molecule has 0 spiro atoms. The summed E-state index contributed by atoms with van der Waals surface area (Å²) in [5.74, 6) is -0.775. The molecule has 1 aliphatic heterocycles. The zero-order valence-corrected chi connectivity index (χ0v) is 10.2. The molecule has 16 heavy (non-hydrogen) atoms. The number of rotatable bonds is 3. The van der Waals surface area contributed by atoms with Crippen LogP contribution in [0, 0.1) is 5.41 Å². The Morgan fingerprint density at radius 3 is 2.50 bits per heavy atom. The second-order valence-corrected chi connectivity index (χ2v) is 4.68. The van der Waals surface area contributed by atoms with Crippen molar-refractivity contribution in [2.75, 3.05) is 27.2 Å². The predicted molar refractivity (Wildman–Crippen MR) is 60.2 cm³/mol. The molecule has 92 valence electrons. The summed E-state index contributed by atoms with van der Waals surface area (Å²) in [5, 5.41) is 9.28. The van der Waals surface area contributed by atoms with Gasteiger partial charge < -0.3 is 14.9 Å². The first-order valence-corrected chi connectivity index (χ1v) is 5.62. The molecule has 0 aromatic carbocycles. The zero-order chi connectivity index (χ0) is 12.3. The third-order valence-electron chi connectivity index (χ3n) is 3.19. The average molecular weight is 228 g/mol. The predicted octanol–water partition coefficient (Wildman–Crippen LogP) is 1.24. The number of hydrogen-bond acceptors (Lipinski definition) is 2. The molecule has 0 aliphatic carbocycles. The van der Waals surface area contributed by atoms with Gasteiger partial charge >= 0.3 is 12.0 Å². The van der Waals surface area contributed by atoms with Gasteiger partial charge in [-0.3, -0.25) is 4.79 Å². The fourth-order valence-electron chi connectivity index (χ4n) is 2.28. The van der Waals surface area contributed by atoms with Crippen molar-refractivity contribution in [3.05, 3.63) is 0 Å². The van der Waals surface area contributed by atoms with Crippen molar-refractivity contribution in [3.8, 4) is 0 Å². The van der Waals surface area contributed by atoms with Gasteiger partial charge in [0.25, 0.3) is 0 Å². The quantitative estimate of drug-likeness (QED) is 0.790. The smallest absolute Gasteiger partial charge is 0.319 e. The van der Waals surface area contributed by atoms with Crippen LogP contribution in [0.4, 0.5) is 4.79 Å². The third-order valence-corrected chi connectivity index (χ3v) is 3.19. The molecule has 5 nitrogen and oxygen atoms in total. The fourth-order valence-corrected chi connectivity index (χ4v) is 2.28. The van der Waals surface area contributed by atoms with Crippen LogP contribution in [-0.2, 0) is 4.79 Å². The minimum absolute atomic E-state index is 0.0979. The lowest BCUT2D eigenvalue weighted by molar-refractivity contribution is -0.148. The maximum absolute atomic E-state index is 11.7. The van der Waals surface area contributed by atoms with Crippen molar-refractivity contribution in [1.29, 1.82) is 0 Å². The minimum Gasteiger partial charge on any atom is -0.481 e. The van der Waals surface area contributed by atoms with Crippen LogP contribution in [-0.4, -0.2) is 54.1 Å². The number of carboxylic acid groups (broad SMARTS) is 1. The van der Waals surface area contributed by atoms with E-state index in [1.165, 1.54) is 4.90 Å². The van der Waals surface area contributed by atoms with Crippen molar-refractivity contribution in [1.82, 2.24) is 9.80 Å². The number of nitrogens with zero attached hydrogens (tertiary/aromatic N) is 2. The number of hydrogen-bond donors (Lipinski definition) is 1. The molecule has 1 aliphatic rings. The van der Waals surface area contributed by atoms with Gasteiger partial charge in [-0.2, -0.15) is 0 Å². The molecule has 1 atom stereocenters. The van der Waals surface area contributed by atoms with E-state index in [0.29, 0.717) is 25.9 Å². The van der Waals surface area contributed by atoms with E-state index in [1.54, 1.807) is 19.0 Å². The van der Waals surface area contributed by atoms with Crippen molar-refractivity contribution in [2.24, 2.45) is 5.41 Å². The van der Waals surface area contributed by atoms with Crippen LogP contribution < -0.4 is 0 Å². The van der Waals surface area contributed by atoms with Crippen LogP contribution in [0.2, 0.25) is 0 Å². The second-order valence-electron chi connectivity index (χ2n) is 4.68. The van der Waals surface area contributed by atoms with Gasteiger partial charge in [-0.15, -0.1) is 0 Å². The van der Waals surface area contributed by atoms with Gasteiger partial charge in [-0.1, -0.05) is 13.3 Å². The van der Waals surface area contributed by atoms with Crippen LogP contribution in [0.15, 0.2) is 0 Å². The first-order chi connectivity index (χ1) is 7.43. The maximum atomic E-state index is 11.7. The number of aliphatic carboxylic acids is 1. The highest BCUT2D eigenvalue weighted by molar-refractivity contribution is 5.79. The molecule has 1 rings (SSSR count). The Hall–Kier alpha value is -1.26. The summed E-state index contributed by atoms with van der Waals surface area (Å²) in [6.07, 6.45) is 2.03. The Bertz CT molecular complexity index is 291. The number of carbonyl (C=O) groups is 2. The first-order valence-electron chi connectivity index (χ1n) is 5.62. The van der Waals surface area contributed by atoms with Crippen LogP contribution in [0.25, 0.3) is 0 Å². The first kappa shape index (κ1) is 12.8. The van der Waals surface area contributed by atoms with Crippen LogP contribution in [0.5, 0.6) is 0 Å². The van der Waals surface area contributed by atoms with Crippen LogP contribution in [0.3, 0.4) is 0 Å². The molecule has 0 aromatic heterocycles. The van der Waals surface area contributed by atoms with E-state index in [9.17, 15) is 14.7 Å². The average Bonchev–Trinajstić information content (AvgIpc) is 2.62. The Morgan fingerprint density at radius 2 is 2.06 bits per heavy atom.